The molecule has 1 fully saturated rings. The fraction of sp³-hybridized carbons (Fsp3) is 0.429. The third-order valence-corrected chi connectivity index (χ3v) is 3.51. The fourth-order valence-corrected chi connectivity index (χ4v) is 2.53. The molecule has 0 aliphatic carbocycles. The van der Waals surface area contributed by atoms with Crippen molar-refractivity contribution in [2.45, 2.75) is 19.3 Å². The number of rotatable bonds is 3. The quantitative estimate of drug-likeness (QED) is 0.916. The topological polar surface area (TPSA) is 63.8 Å². The van der Waals surface area contributed by atoms with Gasteiger partial charge in [0.2, 0.25) is 0 Å². The molecule has 100 valence electrons. The molecule has 5 heteroatoms. The standard InChI is InChI=1S/C14H16N2O3/c17-14(18)11-3-4-16-8-12(15-13(16)7-11)6-10-2-1-5-19-9-10/h3-4,7-8,10H,1-2,5-6,9H2,(H,17,18). The molecule has 0 bridgehead atoms. The number of imidazole rings is 1. The van der Waals surface area contributed by atoms with Crippen LogP contribution in [-0.4, -0.2) is 33.7 Å². The van der Waals surface area contributed by atoms with Crippen LogP contribution in [0.2, 0.25) is 0 Å². The number of hydrogen-bond donors (Lipinski definition) is 1. The Morgan fingerprint density at radius 1 is 1.58 bits per heavy atom. The van der Waals surface area contributed by atoms with E-state index in [1.54, 1.807) is 18.3 Å². The molecule has 2 aromatic heterocycles. The van der Waals surface area contributed by atoms with Gasteiger partial charge in [0, 0.05) is 25.6 Å². The van der Waals surface area contributed by atoms with E-state index in [4.69, 9.17) is 9.84 Å². The number of aromatic carboxylic acids is 1. The minimum absolute atomic E-state index is 0.269. The van der Waals surface area contributed by atoms with Crippen LogP contribution in [0.4, 0.5) is 0 Å². The van der Waals surface area contributed by atoms with Gasteiger partial charge < -0.3 is 14.2 Å². The molecule has 3 heterocycles. The van der Waals surface area contributed by atoms with Crippen molar-refractivity contribution >= 4 is 11.6 Å². The molecule has 0 amide bonds. The van der Waals surface area contributed by atoms with Gasteiger partial charge >= 0.3 is 5.97 Å². The summed E-state index contributed by atoms with van der Waals surface area (Å²) in [5, 5.41) is 8.96. The van der Waals surface area contributed by atoms with Crippen LogP contribution in [0, 0.1) is 5.92 Å². The number of carboxylic acid groups (broad SMARTS) is 1. The van der Waals surface area contributed by atoms with Crippen LogP contribution >= 0.6 is 0 Å². The lowest BCUT2D eigenvalue weighted by atomic mass is 9.97. The lowest BCUT2D eigenvalue weighted by molar-refractivity contribution is 0.0547. The fourth-order valence-electron chi connectivity index (χ4n) is 2.53. The molecule has 1 atom stereocenters. The Morgan fingerprint density at radius 2 is 2.47 bits per heavy atom. The van der Waals surface area contributed by atoms with Gasteiger partial charge in [-0.3, -0.25) is 0 Å². The first-order chi connectivity index (χ1) is 9.22. The van der Waals surface area contributed by atoms with Gasteiger partial charge in [-0.05, 0) is 37.3 Å². The van der Waals surface area contributed by atoms with Gasteiger partial charge in [0.05, 0.1) is 11.3 Å². The molecule has 0 radical (unpaired) electrons. The van der Waals surface area contributed by atoms with Crippen LogP contribution in [0.15, 0.2) is 24.5 Å². The Bertz CT molecular complexity index is 600. The number of hydrogen-bond acceptors (Lipinski definition) is 3. The highest BCUT2D eigenvalue weighted by atomic mass is 16.5. The third kappa shape index (κ3) is 2.61. The van der Waals surface area contributed by atoms with Gasteiger partial charge in [0.25, 0.3) is 0 Å². The third-order valence-electron chi connectivity index (χ3n) is 3.51. The van der Waals surface area contributed by atoms with E-state index < -0.39 is 5.97 Å². The Balaban J connectivity index is 1.82. The second-order valence-corrected chi connectivity index (χ2v) is 5.01. The van der Waals surface area contributed by atoms with E-state index >= 15 is 0 Å². The summed E-state index contributed by atoms with van der Waals surface area (Å²) < 4.78 is 7.33. The summed E-state index contributed by atoms with van der Waals surface area (Å²) in [6.45, 7) is 1.66. The zero-order valence-corrected chi connectivity index (χ0v) is 10.6. The first-order valence-corrected chi connectivity index (χ1v) is 6.51. The van der Waals surface area contributed by atoms with Crippen LogP contribution in [0.5, 0.6) is 0 Å². The van der Waals surface area contributed by atoms with Gasteiger partial charge in [0.15, 0.2) is 0 Å². The van der Waals surface area contributed by atoms with Crippen molar-refractivity contribution in [2.75, 3.05) is 13.2 Å². The van der Waals surface area contributed by atoms with Crippen LogP contribution in [0.25, 0.3) is 5.65 Å². The van der Waals surface area contributed by atoms with Crippen molar-refractivity contribution in [2.24, 2.45) is 5.92 Å². The lowest BCUT2D eigenvalue weighted by Crippen LogP contribution is -2.19. The molecule has 1 saturated heterocycles. The highest BCUT2D eigenvalue weighted by molar-refractivity contribution is 5.88. The first kappa shape index (κ1) is 12.2. The summed E-state index contributed by atoms with van der Waals surface area (Å²) in [6, 6.07) is 3.19. The Morgan fingerprint density at radius 3 is 3.21 bits per heavy atom. The van der Waals surface area contributed by atoms with Crippen molar-refractivity contribution in [3.05, 3.63) is 35.8 Å². The van der Waals surface area contributed by atoms with Crippen molar-refractivity contribution in [3.8, 4) is 0 Å². The van der Waals surface area contributed by atoms with Crippen molar-refractivity contribution < 1.29 is 14.6 Å². The maximum Gasteiger partial charge on any atom is 0.335 e. The van der Waals surface area contributed by atoms with Gasteiger partial charge in [-0.1, -0.05) is 0 Å². The van der Waals surface area contributed by atoms with Crippen LogP contribution in [-0.2, 0) is 11.2 Å². The zero-order valence-electron chi connectivity index (χ0n) is 10.6. The Hall–Kier alpha value is -1.88. The number of fused-ring (bicyclic) bond motifs is 1. The summed E-state index contributed by atoms with van der Waals surface area (Å²) >= 11 is 0. The minimum atomic E-state index is -0.923. The monoisotopic (exact) mass is 260 g/mol. The summed E-state index contributed by atoms with van der Waals surface area (Å²) in [5.41, 5.74) is 1.95. The molecule has 1 aliphatic rings. The number of pyridine rings is 1. The van der Waals surface area contributed by atoms with E-state index in [-0.39, 0.29) is 5.56 Å². The smallest absolute Gasteiger partial charge is 0.335 e. The molecule has 19 heavy (non-hydrogen) atoms. The molecule has 1 unspecified atom stereocenters. The second-order valence-electron chi connectivity index (χ2n) is 5.01. The van der Waals surface area contributed by atoms with Crippen molar-refractivity contribution in [3.63, 3.8) is 0 Å². The number of aromatic nitrogens is 2. The molecule has 0 aromatic carbocycles. The largest absolute Gasteiger partial charge is 0.478 e. The normalized spacial score (nSPS) is 19.7. The average Bonchev–Trinajstić information content (AvgIpc) is 2.80. The SMILES string of the molecule is O=C(O)c1ccn2cc(CC3CCCOC3)nc2c1. The summed E-state index contributed by atoms with van der Waals surface area (Å²) in [6.07, 6.45) is 6.89. The molecule has 2 aromatic rings. The van der Waals surface area contributed by atoms with E-state index in [0.717, 1.165) is 31.7 Å². The van der Waals surface area contributed by atoms with E-state index in [9.17, 15) is 4.79 Å². The van der Waals surface area contributed by atoms with Crippen LogP contribution in [0.3, 0.4) is 0 Å². The van der Waals surface area contributed by atoms with Crippen molar-refractivity contribution in [1.82, 2.24) is 9.38 Å². The minimum Gasteiger partial charge on any atom is -0.478 e. The number of carbonyl (C=O) groups is 1. The molecular formula is C14H16N2O3. The molecule has 0 spiro atoms. The highest BCUT2D eigenvalue weighted by Crippen LogP contribution is 2.19. The van der Waals surface area contributed by atoms with Gasteiger partial charge in [0.1, 0.15) is 5.65 Å². The lowest BCUT2D eigenvalue weighted by Gasteiger charge is -2.20. The van der Waals surface area contributed by atoms with Crippen molar-refractivity contribution in [1.29, 1.82) is 0 Å². The van der Waals surface area contributed by atoms with Crippen LogP contribution < -0.4 is 0 Å². The summed E-state index contributed by atoms with van der Waals surface area (Å²) in [4.78, 5) is 15.4. The maximum atomic E-state index is 10.9. The second kappa shape index (κ2) is 5.01. The van der Waals surface area contributed by atoms with E-state index in [1.165, 1.54) is 6.42 Å². The predicted molar refractivity (Wildman–Crippen MR) is 69.4 cm³/mol. The summed E-state index contributed by atoms with van der Waals surface area (Å²) in [7, 11) is 0. The number of ether oxygens (including phenoxy) is 1. The molecule has 1 aliphatic heterocycles. The number of carboxylic acids is 1. The molecule has 3 rings (SSSR count). The van der Waals surface area contributed by atoms with Crippen LogP contribution in [0.1, 0.15) is 28.9 Å². The van der Waals surface area contributed by atoms with Gasteiger partial charge in [-0.2, -0.15) is 0 Å². The summed E-state index contributed by atoms with van der Waals surface area (Å²) in [5.74, 6) is -0.398. The molecule has 1 N–H and O–H groups in total. The molecular weight excluding hydrogens is 244 g/mol. The van der Waals surface area contributed by atoms with E-state index in [0.29, 0.717) is 11.6 Å². The molecule has 0 saturated carbocycles. The number of nitrogens with zero attached hydrogens (tertiary/aromatic N) is 2. The maximum absolute atomic E-state index is 10.9. The predicted octanol–water partition coefficient (Wildman–Crippen LogP) is 2.00. The molecule has 5 nitrogen and oxygen atoms in total. The van der Waals surface area contributed by atoms with Gasteiger partial charge in [-0.15, -0.1) is 0 Å². The average molecular weight is 260 g/mol. The highest BCUT2D eigenvalue weighted by Gasteiger charge is 2.16. The van der Waals surface area contributed by atoms with E-state index in [1.807, 2.05) is 10.6 Å². The Kier molecular flexibility index (Phi) is 3.21. The zero-order chi connectivity index (χ0) is 13.2. The Labute approximate surface area is 110 Å². The first-order valence-electron chi connectivity index (χ1n) is 6.51. The van der Waals surface area contributed by atoms with Gasteiger partial charge in [-0.25, -0.2) is 9.78 Å². The van der Waals surface area contributed by atoms with E-state index in [2.05, 4.69) is 4.98 Å².